The fraction of sp³-hybridized carbons (Fsp3) is 0.263. The van der Waals surface area contributed by atoms with Crippen molar-refractivity contribution in [1.29, 1.82) is 0 Å². The molecule has 1 aliphatic rings. The smallest absolute Gasteiger partial charge is 0.342 e. The average molecular weight is 374 g/mol. The molecule has 142 valence electrons. The molecule has 1 heterocycles. The van der Waals surface area contributed by atoms with E-state index in [1.165, 1.54) is 33.5 Å². The monoisotopic (exact) mass is 374 g/mol. The van der Waals surface area contributed by atoms with E-state index in [1.54, 1.807) is 18.2 Å². The lowest BCUT2D eigenvalue weighted by Crippen LogP contribution is -2.15. The second-order valence-electron chi connectivity index (χ2n) is 5.47. The average Bonchev–Trinajstić information content (AvgIpc) is 3.18. The minimum atomic E-state index is -0.720. The molecule has 0 saturated heterocycles. The number of hydrogen-bond acceptors (Lipinski definition) is 8. The van der Waals surface area contributed by atoms with Crippen LogP contribution in [-0.4, -0.2) is 46.5 Å². The van der Waals surface area contributed by atoms with Crippen molar-refractivity contribution in [3.63, 3.8) is 0 Å². The van der Waals surface area contributed by atoms with Gasteiger partial charge in [-0.2, -0.15) is 0 Å². The Morgan fingerprint density at radius 3 is 2.26 bits per heavy atom. The summed E-state index contributed by atoms with van der Waals surface area (Å²) in [4.78, 5) is 24.7. The number of hydrogen-bond donors (Lipinski definition) is 0. The molecule has 3 rings (SSSR count). The summed E-state index contributed by atoms with van der Waals surface area (Å²) < 4.78 is 31.1. The molecule has 0 spiro atoms. The number of carbonyl (C=O) groups excluding carboxylic acids is 2. The molecule has 1 aliphatic heterocycles. The quantitative estimate of drug-likeness (QED) is 0.539. The van der Waals surface area contributed by atoms with Gasteiger partial charge in [0.2, 0.25) is 6.79 Å². The fourth-order valence-corrected chi connectivity index (χ4v) is 2.55. The molecular weight excluding hydrogens is 356 g/mol. The Labute approximate surface area is 155 Å². The number of ketones is 1. The first kappa shape index (κ1) is 18.4. The largest absolute Gasteiger partial charge is 0.496 e. The SMILES string of the molecule is COc1cc(OC)c(C(=O)OCC(=O)c2ccc3c(c2)OCO3)cc1OC. The first-order valence-corrected chi connectivity index (χ1v) is 7.97. The third-order valence-electron chi connectivity index (χ3n) is 3.95. The Kier molecular flexibility index (Phi) is 5.35. The van der Waals surface area contributed by atoms with Crippen LogP contribution in [0.1, 0.15) is 20.7 Å². The number of rotatable bonds is 7. The van der Waals surface area contributed by atoms with E-state index in [1.807, 2.05) is 0 Å². The molecule has 0 fully saturated rings. The lowest BCUT2D eigenvalue weighted by molar-refractivity contribution is 0.0471. The second-order valence-corrected chi connectivity index (χ2v) is 5.47. The number of carbonyl (C=O) groups is 2. The van der Waals surface area contributed by atoms with Gasteiger partial charge in [-0.25, -0.2) is 4.79 Å². The zero-order valence-electron chi connectivity index (χ0n) is 15.1. The number of methoxy groups -OCH3 is 3. The van der Waals surface area contributed by atoms with Crippen LogP contribution >= 0.6 is 0 Å². The van der Waals surface area contributed by atoms with Crippen molar-refractivity contribution in [3.8, 4) is 28.7 Å². The van der Waals surface area contributed by atoms with E-state index in [-0.39, 0.29) is 23.9 Å². The normalized spacial score (nSPS) is 11.7. The molecule has 0 saturated carbocycles. The van der Waals surface area contributed by atoms with Crippen molar-refractivity contribution in [2.45, 2.75) is 0 Å². The number of ether oxygens (including phenoxy) is 6. The van der Waals surface area contributed by atoms with E-state index in [0.29, 0.717) is 28.6 Å². The predicted octanol–water partition coefficient (Wildman–Crippen LogP) is 2.48. The van der Waals surface area contributed by atoms with Crippen molar-refractivity contribution in [2.75, 3.05) is 34.7 Å². The first-order chi connectivity index (χ1) is 13.1. The highest BCUT2D eigenvalue weighted by molar-refractivity contribution is 6.00. The summed E-state index contributed by atoms with van der Waals surface area (Å²) in [6.07, 6.45) is 0. The Morgan fingerprint density at radius 1 is 0.889 bits per heavy atom. The van der Waals surface area contributed by atoms with Crippen LogP contribution in [-0.2, 0) is 4.74 Å². The van der Waals surface area contributed by atoms with Gasteiger partial charge >= 0.3 is 5.97 Å². The van der Waals surface area contributed by atoms with Crippen molar-refractivity contribution < 1.29 is 38.0 Å². The maximum absolute atomic E-state index is 12.4. The molecule has 0 N–H and O–H groups in total. The predicted molar refractivity (Wildman–Crippen MR) is 93.3 cm³/mol. The summed E-state index contributed by atoms with van der Waals surface area (Å²) in [5.74, 6) is 0.943. The molecule has 8 nitrogen and oxygen atoms in total. The lowest BCUT2D eigenvalue weighted by Gasteiger charge is -2.13. The van der Waals surface area contributed by atoms with E-state index in [4.69, 9.17) is 28.4 Å². The molecule has 0 bridgehead atoms. The minimum absolute atomic E-state index is 0.112. The summed E-state index contributed by atoms with van der Waals surface area (Å²) in [7, 11) is 4.33. The van der Waals surface area contributed by atoms with Gasteiger partial charge in [-0.05, 0) is 18.2 Å². The standard InChI is InChI=1S/C19H18O8/c1-22-15-8-17(24-3)16(23-2)7-12(15)19(21)25-9-13(20)11-4-5-14-18(6-11)27-10-26-14/h4-8H,9-10H2,1-3H3. The van der Waals surface area contributed by atoms with Crippen LogP contribution in [0.5, 0.6) is 28.7 Å². The third-order valence-corrected chi connectivity index (χ3v) is 3.95. The zero-order valence-corrected chi connectivity index (χ0v) is 15.1. The van der Waals surface area contributed by atoms with Crippen molar-refractivity contribution in [3.05, 3.63) is 41.5 Å². The zero-order chi connectivity index (χ0) is 19.4. The molecule has 0 radical (unpaired) electrons. The van der Waals surface area contributed by atoms with Crippen LogP contribution in [0, 0.1) is 0 Å². The summed E-state index contributed by atoms with van der Waals surface area (Å²) in [6.45, 7) is -0.322. The van der Waals surface area contributed by atoms with Crippen molar-refractivity contribution in [1.82, 2.24) is 0 Å². The first-order valence-electron chi connectivity index (χ1n) is 7.97. The van der Waals surface area contributed by atoms with Gasteiger partial charge < -0.3 is 28.4 Å². The lowest BCUT2D eigenvalue weighted by atomic mass is 10.1. The Morgan fingerprint density at radius 2 is 1.56 bits per heavy atom. The molecular formula is C19H18O8. The Balaban J connectivity index is 1.73. The summed E-state index contributed by atoms with van der Waals surface area (Å²) in [6, 6.07) is 7.71. The van der Waals surface area contributed by atoms with E-state index in [9.17, 15) is 9.59 Å². The van der Waals surface area contributed by atoms with Crippen molar-refractivity contribution in [2.24, 2.45) is 0 Å². The molecule has 0 aliphatic carbocycles. The molecule has 8 heteroatoms. The number of Topliss-reactive ketones (excluding diaryl/α,β-unsaturated/α-hetero) is 1. The van der Waals surface area contributed by atoms with Crippen LogP contribution in [0.4, 0.5) is 0 Å². The van der Waals surface area contributed by atoms with Gasteiger partial charge in [0, 0.05) is 17.7 Å². The number of fused-ring (bicyclic) bond motifs is 1. The molecule has 0 aromatic heterocycles. The van der Waals surface area contributed by atoms with E-state index in [0.717, 1.165) is 0 Å². The summed E-state index contributed by atoms with van der Waals surface area (Å²) in [5, 5.41) is 0. The number of esters is 1. The highest BCUT2D eigenvalue weighted by Gasteiger charge is 2.21. The van der Waals surface area contributed by atoms with Gasteiger partial charge in [-0.3, -0.25) is 4.79 Å². The van der Waals surface area contributed by atoms with Gasteiger partial charge in [0.25, 0.3) is 0 Å². The third kappa shape index (κ3) is 3.74. The van der Waals surface area contributed by atoms with Crippen LogP contribution in [0.15, 0.2) is 30.3 Å². The Bertz CT molecular complexity index is 874. The van der Waals surface area contributed by atoms with Gasteiger partial charge in [-0.15, -0.1) is 0 Å². The van der Waals surface area contributed by atoms with E-state index in [2.05, 4.69) is 0 Å². The highest BCUT2D eigenvalue weighted by Crippen LogP contribution is 2.35. The van der Waals surface area contributed by atoms with Crippen LogP contribution in [0.3, 0.4) is 0 Å². The Hall–Kier alpha value is -3.42. The maximum Gasteiger partial charge on any atom is 0.342 e. The highest BCUT2D eigenvalue weighted by atomic mass is 16.7. The van der Waals surface area contributed by atoms with E-state index < -0.39 is 12.6 Å². The van der Waals surface area contributed by atoms with Crippen molar-refractivity contribution >= 4 is 11.8 Å². The molecule has 0 unspecified atom stereocenters. The van der Waals surface area contributed by atoms with Gasteiger partial charge in [-0.1, -0.05) is 0 Å². The van der Waals surface area contributed by atoms with Crippen LogP contribution in [0.2, 0.25) is 0 Å². The summed E-state index contributed by atoms with van der Waals surface area (Å²) in [5.41, 5.74) is 0.472. The second kappa shape index (κ2) is 7.86. The topological polar surface area (TPSA) is 89.5 Å². The fourth-order valence-electron chi connectivity index (χ4n) is 2.55. The van der Waals surface area contributed by atoms with Crippen LogP contribution < -0.4 is 23.7 Å². The van der Waals surface area contributed by atoms with Gasteiger partial charge in [0.15, 0.2) is 35.4 Å². The van der Waals surface area contributed by atoms with Gasteiger partial charge in [0.05, 0.1) is 21.3 Å². The number of benzene rings is 2. The van der Waals surface area contributed by atoms with Crippen LogP contribution in [0.25, 0.3) is 0 Å². The summed E-state index contributed by atoms with van der Waals surface area (Å²) >= 11 is 0. The molecule has 2 aromatic rings. The maximum atomic E-state index is 12.4. The van der Waals surface area contributed by atoms with E-state index >= 15 is 0 Å². The minimum Gasteiger partial charge on any atom is -0.496 e. The van der Waals surface area contributed by atoms with Gasteiger partial charge in [0.1, 0.15) is 11.3 Å². The molecule has 0 atom stereocenters. The molecule has 0 amide bonds. The molecule has 27 heavy (non-hydrogen) atoms. The molecule has 2 aromatic carbocycles.